The summed E-state index contributed by atoms with van der Waals surface area (Å²) in [6, 6.07) is 0. The van der Waals surface area contributed by atoms with Crippen molar-refractivity contribution in [1.82, 2.24) is 0 Å². The summed E-state index contributed by atoms with van der Waals surface area (Å²) in [5.74, 6) is 0.0418. The van der Waals surface area contributed by atoms with Crippen molar-refractivity contribution in [2.45, 2.75) is 31.5 Å². The summed E-state index contributed by atoms with van der Waals surface area (Å²) in [6.07, 6.45) is 4.20. The topological polar surface area (TPSA) is 40.0 Å². The van der Waals surface area contributed by atoms with E-state index in [1.54, 1.807) is 14.2 Å². The fourth-order valence-corrected chi connectivity index (χ4v) is 3.47. The molecule has 2 unspecified atom stereocenters. The van der Waals surface area contributed by atoms with Gasteiger partial charge in [-0.1, -0.05) is 5.16 Å². The van der Waals surface area contributed by atoms with Gasteiger partial charge in [0, 0.05) is 32.0 Å². The van der Waals surface area contributed by atoms with Crippen LogP contribution in [0.4, 0.5) is 0 Å². The van der Waals surface area contributed by atoms with Crippen molar-refractivity contribution in [3.05, 3.63) is 0 Å². The van der Waals surface area contributed by atoms with Crippen molar-refractivity contribution in [3.8, 4) is 0 Å². The molecular formula is C11H17NO3. The fraction of sp³-hybridized carbons (Fsp3) is 0.909. The van der Waals surface area contributed by atoms with Crippen molar-refractivity contribution in [1.29, 1.82) is 0 Å². The molecule has 0 aromatic carbocycles. The van der Waals surface area contributed by atoms with Crippen LogP contribution in [-0.4, -0.2) is 32.3 Å². The summed E-state index contributed by atoms with van der Waals surface area (Å²) < 4.78 is 11.2. The van der Waals surface area contributed by atoms with Crippen LogP contribution in [0.15, 0.2) is 5.16 Å². The molecule has 4 heteroatoms. The molecule has 2 aliphatic carbocycles. The molecule has 4 nitrogen and oxygen atoms in total. The third-order valence-corrected chi connectivity index (χ3v) is 4.46. The van der Waals surface area contributed by atoms with E-state index in [0.717, 1.165) is 31.6 Å². The molecule has 2 atom stereocenters. The van der Waals surface area contributed by atoms with Gasteiger partial charge >= 0.3 is 0 Å². The number of methoxy groups -OCH3 is 2. The first-order chi connectivity index (χ1) is 7.25. The van der Waals surface area contributed by atoms with Gasteiger partial charge < -0.3 is 14.3 Å². The van der Waals surface area contributed by atoms with Crippen LogP contribution in [0.25, 0.3) is 0 Å². The molecule has 2 fully saturated rings. The molecule has 0 amide bonds. The highest BCUT2D eigenvalue weighted by molar-refractivity contribution is 5.93. The standard InChI is InChI=1S/C11H17NO3/c1-13-11(14-2)6-9-10(7-15-12-9)4-3-8(11)5-10/h8H,3-7H2,1-2H3. The van der Waals surface area contributed by atoms with Gasteiger partial charge in [-0.25, -0.2) is 0 Å². The third-order valence-electron chi connectivity index (χ3n) is 4.46. The van der Waals surface area contributed by atoms with Crippen molar-refractivity contribution in [3.63, 3.8) is 0 Å². The third kappa shape index (κ3) is 1.06. The van der Waals surface area contributed by atoms with Crippen LogP contribution in [0.5, 0.6) is 0 Å². The smallest absolute Gasteiger partial charge is 0.175 e. The fourth-order valence-electron chi connectivity index (χ4n) is 3.47. The second-order valence-electron chi connectivity index (χ2n) is 4.93. The van der Waals surface area contributed by atoms with Crippen LogP contribution in [-0.2, 0) is 14.3 Å². The van der Waals surface area contributed by atoms with E-state index in [2.05, 4.69) is 5.16 Å². The molecule has 3 aliphatic rings. The molecule has 2 bridgehead atoms. The molecule has 15 heavy (non-hydrogen) atoms. The molecule has 0 aromatic rings. The molecule has 84 valence electrons. The molecule has 1 aliphatic heterocycles. The van der Waals surface area contributed by atoms with Crippen LogP contribution < -0.4 is 0 Å². The van der Waals surface area contributed by atoms with E-state index in [1.807, 2.05) is 0 Å². The zero-order chi connectivity index (χ0) is 10.5. The number of oxime groups is 1. The lowest BCUT2D eigenvalue weighted by Gasteiger charge is -2.41. The van der Waals surface area contributed by atoms with E-state index in [9.17, 15) is 0 Å². The summed E-state index contributed by atoms with van der Waals surface area (Å²) >= 11 is 0. The van der Waals surface area contributed by atoms with Gasteiger partial charge in [0.25, 0.3) is 0 Å². The van der Waals surface area contributed by atoms with Crippen molar-refractivity contribution < 1.29 is 14.3 Å². The zero-order valence-electron chi connectivity index (χ0n) is 9.28. The summed E-state index contributed by atoms with van der Waals surface area (Å²) in [5, 5.41) is 4.18. The Kier molecular flexibility index (Phi) is 1.89. The molecule has 0 N–H and O–H groups in total. The van der Waals surface area contributed by atoms with E-state index in [0.29, 0.717) is 5.92 Å². The maximum Gasteiger partial charge on any atom is 0.175 e. The highest BCUT2D eigenvalue weighted by atomic mass is 16.7. The van der Waals surface area contributed by atoms with Gasteiger partial charge in [-0.15, -0.1) is 0 Å². The second-order valence-corrected chi connectivity index (χ2v) is 4.93. The Labute approximate surface area is 89.6 Å². The Hall–Kier alpha value is -0.610. The molecule has 1 spiro atoms. The zero-order valence-corrected chi connectivity index (χ0v) is 9.28. The normalized spacial score (nSPS) is 40.9. The predicted octanol–water partition coefficient (Wildman–Crippen LogP) is 1.55. The molecule has 0 saturated heterocycles. The predicted molar refractivity (Wildman–Crippen MR) is 54.5 cm³/mol. The van der Waals surface area contributed by atoms with Gasteiger partial charge in [0.1, 0.15) is 6.61 Å². The van der Waals surface area contributed by atoms with Gasteiger partial charge in [0.05, 0.1) is 5.71 Å². The number of fused-ring (bicyclic) bond motifs is 1. The SMILES string of the molecule is COC1(OC)CC2=NOCC23CCC1C3. The highest BCUT2D eigenvalue weighted by Gasteiger charge is 2.60. The average molecular weight is 211 g/mol. The Balaban J connectivity index is 1.98. The summed E-state index contributed by atoms with van der Waals surface area (Å²) in [4.78, 5) is 5.27. The average Bonchev–Trinajstić information content (AvgIpc) is 2.85. The first kappa shape index (κ1) is 9.60. The van der Waals surface area contributed by atoms with Crippen molar-refractivity contribution >= 4 is 5.71 Å². The monoisotopic (exact) mass is 211 g/mol. The van der Waals surface area contributed by atoms with E-state index in [-0.39, 0.29) is 5.41 Å². The summed E-state index contributed by atoms with van der Waals surface area (Å²) in [6.45, 7) is 0.766. The number of hydrogen-bond acceptors (Lipinski definition) is 4. The lowest BCUT2D eigenvalue weighted by molar-refractivity contribution is -0.238. The van der Waals surface area contributed by atoms with Gasteiger partial charge in [0.2, 0.25) is 0 Å². The van der Waals surface area contributed by atoms with Gasteiger partial charge in [-0.2, -0.15) is 0 Å². The maximum atomic E-state index is 5.60. The van der Waals surface area contributed by atoms with Crippen molar-refractivity contribution in [2.24, 2.45) is 16.5 Å². The quantitative estimate of drug-likeness (QED) is 0.651. The maximum absolute atomic E-state index is 5.60. The first-order valence-electron chi connectivity index (χ1n) is 5.54. The molecule has 3 rings (SSSR count). The van der Waals surface area contributed by atoms with Crippen molar-refractivity contribution in [2.75, 3.05) is 20.8 Å². The Morgan fingerprint density at radius 1 is 1.40 bits per heavy atom. The first-order valence-corrected chi connectivity index (χ1v) is 5.54. The lowest BCUT2D eigenvalue weighted by atomic mass is 9.72. The number of ether oxygens (including phenoxy) is 2. The van der Waals surface area contributed by atoms with E-state index < -0.39 is 5.79 Å². The van der Waals surface area contributed by atoms with Crippen LogP contribution >= 0.6 is 0 Å². The molecular weight excluding hydrogens is 194 g/mol. The Morgan fingerprint density at radius 2 is 2.20 bits per heavy atom. The van der Waals surface area contributed by atoms with Crippen LogP contribution in [0.3, 0.4) is 0 Å². The van der Waals surface area contributed by atoms with Gasteiger partial charge in [0.15, 0.2) is 5.79 Å². The molecule has 2 saturated carbocycles. The highest BCUT2D eigenvalue weighted by Crippen LogP contribution is 2.56. The number of hydrogen-bond donors (Lipinski definition) is 0. The Morgan fingerprint density at radius 3 is 2.93 bits per heavy atom. The number of rotatable bonds is 2. The van der Waals surface area contributed by atoms with E-state index in [4.69, 9.17) is 14.3 Å². The minimum absolute atomic E-state index is 0.227. The minimum Gasteiger partial charge on any atom is -0.395 e. The minimum atomic E-state index is -0.452. The van der Waals surface area contributed by atoms with Crippen LogP contribution in [0.2, 0.25) is 0 Å². The van der Waals surface area contributed by atoms with Gasteiger partial charge in [-0.05, 0) is 19.3 Å². The molecule has 0 aromatic heterocycles. The lowest BCUT2D eigenvalue weighted by Crippen LogP contribution is -2.49. The van der Waals surface area contributed by atoms with Gasteiger partial charge in [-0.3, -0.25) is 0 Å². The van der Waals surface area contributed by atoms with Crippen LogP contribution in [0, 0.1) is 11.3 Å². The van der Waals surface area contributed by atoms with Crippen LogP contribution in [0.1, 0.15) is 25.7 Å². The summed E-state index contributed by atoms with van der Waals surface area (Å²) in [5.41, 5.74) is 1.38. The van der Waals surface area contributed by atoms with E-state index >= 15 is 0 Å². The second kappa shape index (κ2) is 2.95. The number of nitrogens with zero attached hydrogens (tertiary/aromatic N) is 1. The van der Waals surface area contributed by atoms with E-state index in [1.165, 1.54) is 6.42 Å². The summed E-state index contributed by atoms with van der Waals surface area (Å²) in [7, 11) is 3.45. The molecule has 1 heterocycles. The largest absolute Gasteiger partial charge is 0.395 e. The molecule has 0 radical (unpaired) electrons. The Bertz CT molecular complexity index is 311.